The molecule has 0 atom stereocenters. The molecule has 3 rings (SSSR count). The van der Waals surface area contributed by atoms with Crippen molar-refractivity contribution < 1.29 is 0 Å². The average Bonchev–Trinajstić information content (AvgIpc) is 3.21. The van der Waals surface area contributed by atoms with E-state index in [4.69, 9.17) is 0 Å². The molecule has 0 amide bonds. The van der Waals surface area contributed by atoms with Gasteiger partial charge in [-0.15, -0.1) is 0 Å². The van der Waals surface area contributed by atoms with Crippen molar-refractivity contribution in [2.24, 2.45) is 0 Å². The van der Waals surface area contributed by atoms with Crippen LogP contribution in [0.25, 0.3) is 6.08 Å². The highest BCUT2D eigenvalue weighted by atomic mass is 14.2. The molecule has 0 aliphatic heterocycles. The summed E-state index contributed by atoms with van der Waals surface area (Å²) in [6.45, 7) is 0. The Balaban J connectivity index is 1.50. The van der Waals surface area contributed by atoms with Crippen LogP contribution in [0.15, 0.2) is 18.2 Å². The lowest BCUT2D eigenvalue weighted by Gasteiger charge is -2.15. The number of hydrogen-bond acceptors (Lipinski definition) is 0. The van der Waals surface area contributed by atoms with Crippen LogP contribution in [-0.4, -0.2) is 0 Å². The molecule has 2 aliphatic rings. The standard InChI is InChI=1S/C29H46/c1-2-4-6-8-10-12-14-16-18-22-28-26(24-25-27-21-19-23-29(27)28)20-17-15-13-11-9-7-5-3-1/h19,23-25H,1-18,20-22H2. The third-order valence-electron chi connectivity index (χ3n) is 7.29. The zero-order chi connectivity index (χ0) is 20.0. The van der Waals surface area contributed by atoms with Crippen molar-refractivity contribution in [3.63, 3.8) is 0 Å². The van der Waals surface area contributed by atoms with Crippen molar-refractivity contribution in [1.29, 1.82) is 0 Å². The molecule has 0 radical (unpaired) electrons. The van der Waals surface area contributed by atoms with E-state index >= 15 is 0 Å². The molecular formula is C29H46. The van der Waals surface area contributed by atoms with Gasteiger partial charge in [0.25, 0.3) is 0 Å². The Morgan fingerprint density at radius 3 is 1.34 bits per heavy atom. The van der Waals surface area contributed by atoms with Gasteiger partial charge in [-0.3, -0.25) is 0 Å². The molecule has 29 heavy (non-hydrogen) atoms. The van der Waals surface area contributed by atoms with Gasteiger partial charge in [0.05, 0.1) is 0 Å². The molecule has 0 bridgehead atoms. The first kappa shape index (κ1) is 22.6. The minimum absolute atomic E-state index is 1.16. The number of benzene rings is 1. The lowest BCUT2D eigenvalue weighted by molar-refractivity contribution is 0.522. The number of rotatable bonds is 0. The summed E-state index contributed by atoms with van der Waals surface area (Å²) in [5.41, 5.74) is 6.54. The van der Waals surface area contributed by atoms with Crippen LogP contribution in [0.3, 0.4) is 0 Å². The Labute approximate surface area is 181 Å². The van der Waals surface area contributed by atoms with E-state index in [9.17, 15) is 0 Å². The largest absolute Gasteiger partial charge is 0.0795 e. The quantitative estimate of drug-likeness (QED) is 0.411. The molecule has 0 heterocycles. The van der Waals surface area contributed by atoms with Crippen LogP contribution < -0.4 is 0 Å². The third kappa shape index (κ3) is 8.31. The number of hydrogen-bond donors (Lipinski definition) is 0. The molecule has 0 aromatic heterocycles. The van der Waals surface area contributed by atoms with E-state index in [1.165, 1.54) is 128 Å². The van der Waals surface area contributed by atoms with Crippen molar-refractivity contribution in [3.8, 4) is 0 Å². The monoisotopic (exact) mass is 394 g/mol. The van der Waals surface area contributed by atoms with Gasteiger partial charge in [0.1, 0.15) is 0 Å². The van der Waals surface area contributed by atoms with Crippen LogP contribution in [0.4, 0.5) is 0 Å². The average molecular weight is 395 g/mol. The fourth-order valence-electron chi connectivity index (χ4n) is 5.42. The van der Waals surface area contributed by atoms with Crippen LogP contribution >= 0.6 is 0 Å². The molecule has 0 N–H and O–H groups in total. The second kappa shape index (κ2) is 14.1. The van der Waals surface area contributed by atoms with Crippen molar-refractivity contribution >= 4 is 6.08 Å². The number of fused-ring (bicyclic) bond motifs is 3. The fraction of sp³-hybridized carbons (Fsp3) is 0.724. The highest BCUT2D eigenvalue weighted by molar-refractivity contribution is 5.65. The smallest absolute Gasteiger partial charge is 0.00881 e. The summed E-state index contributed by atoms with van der Waals surface area (Å²) >= 11 is 0. The first-order valence-corrected chi connectivity index (χ1v) is 13.3. The van der Waals surface area contributed by atoms with E-state index in [0.717, 1.165) is 6.42 Å². The summed E-state index contributed by atoms with van der Waals surface area (Å²) in [4.78, 5) is 0. The van der Waals surface area contributed by atoms with Gasteiger partial charge in [0.15, 0.2) is 0 Å². The molecule has 0 spiro atoms. The Bertz CT molecular complexity index is 594. The molecule has 0 saturated heterocycles. The second-order valence-corrected chi connectivity index (χ2v) is 9.75. The summed E-state index contributed by atoms with van der Waals surface area (Å²) < 4.78 is 0. The molecule has 1 aromatic carbocycles. The molecule has 0 unspecified atom stereocenters. The van der Waals surface area contributed by atoms with E-state index in [0.29, 0.717) is 0 Å². The predicted octanol–water partition coefficient (Wildman–Crippen LogP) is 9.38. The van der Waals surface area contributed by atoms with E-state index in [1.807, 2.05) is 0 Å². The van der Waals surface area contributed by atoms with Crippen molar-refractivity contribution in [3.05, 3.63) is 40.5 Å². The summed E-state index contributed by atoms with van der Waals surface area (Å²) in [6.07, 6.45) is 34.7. The molecular weight excluding hydrogens is 348 g/mol. The summed E-state index contributed by atoms with van der Waals surface area (Å²) in [7, 11) is 0. The highest BCUT2D eigenvalue weighted by Crippen LogP contribution is 2.29. The maximum atomic E-state index is 2.47. The molecule has 0 fully saturated rings. The minimum atomic E-state index is 1.16. The Hall–Kier alpha value is -1.04. The van der Waals surface area contributed by atoms with E-state index in [-0.39, 0.29) is 0 Å². The summed E-state index contributed by atoms with van der Waals surface area (Å²) in [6, 6.07) is 4.89. The van der Waals surface area contributed by atoms with Gasteiger partial charge >= 0.3 is 0 Å². The Morgan fingerprint density at radius 2 is 0.828 bits per heavy atom. The Morgan fingerprint density at radius 1 is 0.414 bits per heavy atom. The van der Waals surface area contributed by atoms with E-state index < -0.39 is 0 Å². The zero-order valence-corrected chi connectivity index (χ0v) is 19.2. The first-order chi connectivity index (χ1) is 14.4. The van der Waals surface area contributed by atoms with Crippen molar-refractivity contribution in [2.45, 2.75) is 135 Å². The van der Waals surface area contributed by atoms with Gasteiger partial charge in [-0.05, 0) is 54.4 Å². The van der Waals surface area contributed by atoms with E-state index in [2.05, 4.69) is 24.3 Å². The lowest BCUT2D eigenvalue weighted by atomic mass is 9.90. The third-order valence-corrected chi connectivity index (χ3v) is 7.29. The van der Waals surface area contributed by atoms with E-state index in [1.54, 1.807) is 22.3 Å². The van der Waals surface area contributed by atoms with Crippen LogP contribution in [0.1, 0.15) is 138 Å². The second-order valence-electron chi connectivity index (χ2n) is 9.75. The molecule has 0 saturated carbocycles. The molecule has 2 aliphatic carbocycles. The topological polar surface area (TPSA) is 0 Å². The SMILES string of the molecule is C1=Cc2c(ccc3c2CCCCCCCCCCCCCCCCCCCC3)C1. The van der Waals surface area contributed by atoms with Crippen LogP contribution in [0.5, 0.6) is 0 Å². The highest BCUT2D eigenvalue weighted by Gasteiger charge is 2.13. The molecule has 1 aromatic rings. The summed E-state index contributed by atoms with van der Waals surface area (Å²) in [5.74, 6) is 0. The fourth-order valence-corrected chi connectivity index (χ4v) is 5.42. The van der Waals surface area contributed by atoms with Gasteiger partial charge in [-0.1, -0.05) is 127 Å². The van der Waals surface area contributed by atoms with Crippen molar-refractivity contribution in [1.82, 2.24) is 0 Å². The number of aryl methyl sites for hydroxylation is 1. The lowest BCUT2D eigenvalue weighted by Crippen LogP contribution is -2.00. The molecule has 0 nitrogen and oxygen atoms in total. The predicted molar refractivity (Wildman–Crippen MR) is 130 cm³/mol. The summed E-state index contributed by atoms with van der Waals surface area (Å²) in [5, 5.41) is 0. The van der Waals surface area contributed by atoms with Gasteiger partial charge in [0, 0.05) is 0 Å². The zero-order valence-electron chi connectivity index (χ0n) is 19.2. The van der Waals surface area contributed by atoms with Crippen molar-refractivity contribution in [2.75, 3.05) is 0 Å². The maximum absolute atomic E-state index is 2.47. The van der Waals surface area contributed by atoms with Crippen LogP contribution in [0, 0.1) is 0 Å². The van der Waals surface area contributed by atoms with Gasteiger partial charge in [0.2, 0.25) is 0 Å². The first-order valence-electron chi connectivity index (χ1n) is 13.3. The minimum Gasteiger partial charge on any atom is -0.0795 e. The van der Waals surface area contributed by atoms with Gasteiger partial charge in [-0.25, -0.2) is 0 Å². The van der Waals surface area contributed by atoms with Crippen LogP contribution in [-0.2, 0) is 19.3 Å². The van der Waals surface area contributed by atoms with Gasteiger partial charge in [-0.2, -0.15) is 0 Å². The maximum Gasteiger partial charge on any atom is -0.00881 e. The normalized spacial score (nSPS) is 21.5. The molecule has 0 heteroatoms. The Kier molecular flexibility index (Phi) is 11.0. The number of allylic oxidation sites excluding steroid dienone is 1. The van der Waals surface area contributed by atoms with Gasteiger partial charge < -0.3 is 0 Å². The van der Waals surface area contributed by atoms with Crippen LogP contribution in [0.2, 0.25) is 0 Å². The molecule has 162 valence electrons.